The van der Waals surface area contributed by atoms with E-state index in [4.69, 9.17) is 11.6 Å². The highest BCUT2D eigenvalue weighted by molar-refractivity contribution is 6.32. The Morgan fingerprint density at radius 1 is 1.28 bits per heavy atom. The van der Waals surface area contributed by atoms with E-state index in [0.29, 0.717) is 17.8 Å². The van der Waals surface area contributed by atoms with Crippen LogP contribution in [0.15, 0.2) is 0 Å². The van der Waals surface area contributed by atoms with Gasteiger partial charge in [-0.25, -0.2) is 8.78 Å². The van der Waals surface area contributed by atoms with Crippen molar-refractivity contribution in [2.45, 2.75) is 75.5 Å². The van der Waals surface area contributed by atoms with Crippen molar-refractivity contribution < 1.29 is 13.6 Å². The van der Waals surface area contributed by atoms with Gasteiger partial charge in [-0.2, -0.15) is 5.10 Å². The summed E-state index contributed by atoms with van der Waals surface area (Å²) in [6, 6.07) is 1.23. The number of amides is 1. The van der Waals surface area contributed by atoms with Gasteiger partial charge in [0.2, 0.25) is 5.91 Å². The van der Waals surface area contributed by atoms with Gasteiger partial charge >= 0.3 is 0 Å². The lowest BCUT2D eigenvalue weighted by molar-refractivity contribution is -0.123. The van der Waals surface area contributed by atoms with Crippen LogP contribution in [-0.2, 0) is 11.3 Å². The summed E-state index contributed by atoms with van der Waals surface area (Å²) >= 11 is 6.10. The van der Waals surface area contributed by atoms with Gasteiger partial charge < -0.3 is 10.2 Å². The minimum Gasteiger partial charge on any atom is -0.352 e. The minimum atomic E-state index is -2.72. The molecule has 2 aliphatic heterocycles. The van der Waals surface area contributed by atoms with Gasteiger partial charge in [-0.3, -0.25) is 9.48 Å². The first-order valence-electron chi connectivity index (χ1n) is 8.99. The van der Waals surface area contributed by atoms with E-state index >= 15 is 0 Å². The van der Waals surface area contributed by atoms with Crippen LogP contribution >= 0.6 is 11.6 Å². The van der Waals surface area contributed by atoms with Crippen molar-refractivity contribution in [2.24, 2.45) is 0 Å². The van der Waals surface area contributed by atoms with Crippen molar-refractivity contribution >= 4 is 17.5 Å². The van der Waals surface area contributed by atoms with Gasteiger partial charge in [0.05, 0.1) is 10.7 Å². The molecule has 3 heterocycles. The first-order valence-corrected chi connectivity index (χ1v) is 9.37. The van der Waals surface area contributed by atoms with E-state index in [2.05, 4.69) is 22.4 Å². The second kappa shape index (κ2) is 6.50. The highest BCUT2D eigenvalue weighted by Gasteiger charge is 2.39. The number of fused-ring (bicyclic) bond motifs is 2. The highest BCUT2D eigenvalue weighted by Crippen LogP contribution is 2.45. The Kier molecular flexibility index (Phi) is 4.48. The maximum atomic E-state index is 13.1. The predicted molar refractivity (Wildman–Crippen MR) is 89.9 cm³/mol. The molecule has 0 aromatic carbocycles. The molecule has 0 radical (unpaired) electrons. The third kappa shape index (κ3) is 3.28. The van der Waals surface area contributed by atoms with Gasteiger partial charge in [-0.15, -0.1) is 0 Å². The summed E-state index contributed by atoms with van der Waals surface area (Å²) in [7, 11) is 2.15. The molecule has 138 valence electrons. The molecule has 1 amide bonds. The van der Waals surface area contributed by atoms with E-state index < -0.39 is 12.1 Å². The van der Waals surface area contributed by atoms with E-state index in [0.717, 1.165) is 25.7 Å². The van der Waals surface area contributed by atoms with Gasteiger partial charge in [0.25, 0.3) is 6.43 Å². The zero-order chi connectivity index (χ0) is 17.7. The number of rotatable bonds is 5. The number of hydrogen-bond donors (Lipinski definition) is 1. The summed E-state index contributed by atoms with van der Waals surface area (Å²) in [4.78, 5) is 14.9. The fourth-order valence-electron chi connectivity index (χ4n) is 4.42. The second-order valence-corrected chi connectivity index (χ2v) is 7.98. The highest BCUT2D eigenvalue weighted by atomic mass is 35.5. The van der Waals surface area contributed by atoms with Crippen molar-refractivity contribution in [3.05, 3.63) is 16.4 Å². The molecule has 3 fully saturated rings. The van der Waals surface area contributed by atoms with Crippen LogP contribution in [0.2, 0.25) is 5.02 Å². The molecule has 1 saturated carbocycles. The number of nitrogens with zero attached hydrogens (tertiary/aromatic N) is 3. The molecule has 2 bridgehead atoms. The van der Waals surface area contributed by atoms with Crippen molar-refractivity contribution in [1.29, 1.82) is 0 Å². The Labute approximate surface area is 150 Å². The summed E-state index contributed by atoms with van der Waals surface area (Å²) in [6.07, 6.45) is 3.38. The molecule has 1 aromatic rings. The van der Waals surface area contributed by atoms with Gasteiger partial charge in [0.1, 0.15) is 12.2 Å². The number of carbonyl (C=O) groups is 1. The maximum Gasteiger partial charge on any atom is 0.283 e. The number of aromatic nitrogens is 2. The molecule has 5 nitrogen and oxygen atoms in total. The summed E-state index contributed by atoms with van der Waals surface area (Å²) in [5.74, 6) is -0.0182. The number of nitrogens with one attached hydrogen (secondary N) is 1. The molecule has 2 saturated heterocycles. The van der Waals surface area contributed by atoms with Crippen molar-refractivity contribution in [1.82, 2.24) is 20.0 Å². The Balaban J connectivity index is 1.44. The van der Waals surface area contributed by atoms with Crippen molar-refractivity contribution in [2.75, 3.05) is 7.05 Å². The number of hydrogen-bond acceptors (Lipinski definition) is 3. The fourth-order valence-corrected chi connectivity index (χ4v) is 4.79. The Morgan fingerprint density at radius 2 is 1.92 bits per heavy atom. The van der Waals surface area contributed by atoms with Crippen LogP contribution in [0.4, 0.5) is 8.78 Å². The molecule has 3 aliphatic rings. The van der Waals surface area contributed by atoms with Crippen LogP contribution in [-0.4, -0.2) is 45.8 Å². The largest absolute Gasteiger partial charge is 0.352 e. The van der Waals surface area contributed by atoms with E-state index in [9.17, 15) is 13.6 Å². The summed E-state index contributed by atoms with van der Waals surface area (Å²) in [5.41, 5.74) is 0.185. The minimum absolute atomic E-state index is 0.0302. The molecule has 2 atom stereocenters. The van der Waals surface area contributed by atoms with Gasteiger partial charge in [0.15, 0.2) is 0 Å². The molecule has 4 rings (SSSR count). The lowest BCUT2D eigenvalue weighted by atomic mass is 9.98. The van der Waals surface area contributed by atoms with Crippen LogP contribution in [0.3, 0.4) is 0 Å². The monoisotopic (exact) mass is 372 g/mol. The number of carbonyl (C=O) groups excluding carboxylic acids is 1. The first-order chi connectivity index (χ1) is 11.9. The normalized spacial score (nSPS) is 29.4. The third-order valence-electron chi connectivity index (χ3n) is 5.88. The smallest absolute Gasteiger partial charge is 0.283 e. The van der Waals surface area contributed by atoms with E-state index in [1.807, 2.05) is 0 Å². The number of halogens is 3. The lowest BCUT2D eigenvalue weighted by Crippen LogP contribution is -2.49. The van der Waals surface area contributed by atoms with Crippen LogP contribution < -0.4 is 5.32 Å². The molecule has 1 aliphatic carbocycles. The van der Waals surface area contributed by atoms with Gasteiger partial charge in [0, 0.05) is 24.0 Å². The standard InChI is InChI=1S/C17H23ClF2N4O/c1-23-11-4-5-12(23)7-10(6-11)21-13(25)8-24-16(9-2-3-9)14(18)15(22-24)17(19)20/h9-12,17H,2-8H2,1H3,(H,21,25). The number of alkyl halides is 2. The third-order valence-corrected chi connectivity index (χ3v) is 6.27. The zero-order valence-corrected chi connectivity index (χ0v) is 15.0. The second-order valence-electron chi connectivity index (χ2n) is 7.60. The van der Waals surface area contributed by atoms with Gasteiger partial charge in [-0.05, 0) is 45.6 Å². The van der Waals surface area contributed by atoms with E-state index in [1.165, 1.54) is 17.5 Å². The Bertz CT molecular complexity index is 662. The Hall–Kier alpha value is -1.21. The first kappa shape index (κ1) is 17.2. The van der Waals surface area contributed by atoms with Crippen LogP contribution in [0, 0.1) is 0 Å². The number of piperidine rings is 1. The summed E-state index contributed by atoms with van der Waals surface area (Å²) < 4.78 is 27.5. The van der Waals surface area contributed by atoms with Crippen molar-refractivity contribution in [3.63, 3.8) is 0 Å². The van der Waals surface area contributed by atoms with Crippen LogP contribution in [0.25, 0.3) is 0 Å². The summed E-state index contributed by atoms with van der Waals surface area (Å²) in [5, 5.41) is 7.03. The molecule has 2 unspecified atom stereocenters. The lowest BCUT2D eigenvalue weighted by Gasteiger charge is -2.36. The molecule has 8 heteroatoms. The molecule has 0 spiro atoms. The predicted octanol–water partition coefficient (Wildman–Crippen LogP) is 3.09. The fraction of sp³-hybridized carbons (Fsp3) is 0.765. The van der Waals surface area contributed by atoms with E-state index in [1.54, 1.807) is 0 Å². The zero-order valence-electron chi connectivity index (χ0n) is 14.2. The van der Waals surface area contributed by atoms with Gasteiger partial charge in [-0.1, -0.05) is 11.6 Å². The molecule has 25 heavy (non-hydrogen) atoms. The average Bonchev–Trinajstić information content (AvgIpc) is 3.29. The molecular weight excluding hydrogens is 350 g/mol. The van der Waals surface area contributed by atoms with Crippen molar-refractivity contribution in [3.8, 4) is 0 Å². The average molecular weight is 373 g/mol. The summed E-state index contributed by atoms with van der Waals surface area (Å²) in [6.45, 7) is -0.0417. The van der Waals surface area contributed by atoms with Crippen LogP contribution in [0.1, 0.15) is 62.3 Å². The molecule has 1 aromatic heterocycles. The topological polar surface area (TPSA) is 50.2 Å². The quantitative estimate of drug-likeness (QED) is 0.864. The molecule has 1 N–H and O–H groups in total. The molecular formula is C17H23ClF2N4O. The Morgan fingerprint density at radius 3 is 2.48 bits per heavy atom. The van der Waals surface area contributed by atoms with Crippen LogP contribution in [0.5, 0.6) is 0 Å². The SMILES string of the molecule is CN1C2CCC1CC(NC(=O)Cn1nc(C(F)F)c(Cl)c1C1CC1)C2. The maximum absolute atomic E-state index is 13.1. The van der Waals surface area contributed by atoms with E-state index in [-0.39, 0.29) is 29.4 Å².